The molecule has 0 aliphatic carbocycles. The van der Waals surface area contributed by atoms with Crippen molar-refractivity contribution in [3.63, 3.8) is 0 Å². The van der Waals surface area contributed by atoms with Crippen LogP contribution in [0, 0.1) is 0 Å². The van der Waals surface area contributed by atoms with E-state index in [2.05, 4.69) is 17.0 Å². The van der Waals surface area contributed by atoms with Crippen LogP contribution < -0.4 is 15.4 Å². The highest BCUT2D eigenvalue weighted by Crippen LogP contribution is 2.46. The quantitative estimate of drug-likeness (QED) is 0.508. The Hall–Kier alpha value is -0.0900. The molecule has 1 saturated heterocycles. The van der Waals surface area contributed by atoms with Gasteiger partial charge in [0.15, 0.2) is 0 Å². The van der Waals surface area contributed by atoms with E-state index >= 15 is 0 Å². The maximum Gasteiger partial charge on any atom is 0.134 e. The molecule has 1 aromatic rings. The SMILES string of the molecule is COc1cc(P2(=O)CCNCC2)ccc1SS. The molecular formula is C11H16NO2PS2. The van der Waals surface area contributed by atoms with Crippen LogP contribution in [0.4, 0.5) is 0 Å². The van der Waals surface area contributed by atoms with Gasteiger partial charge < -0.3 is 14.6 Å². The molecule has 0 radical (unpaired) electrons. The van der Waals surface area contributed by atoms with E-state index in [-0.39, 0.29) is 0 Å². The Labute approximate surface area is 111 Å². The van der Waals surface area contributed by atoms with Crippen molar-refractivity contribution in [2.75, 3.05) is 32.5 Å². The number of hydrogen-bond acceptors (Lipinski definition) is 5. The van der Waals surface area contributed by atoms with Crippen LogP contribution in [-0.2, 0) is 4.57 Å². The summed E-state index contributed by atoms with van der Waals surface area (Å²) in [5.74, 6) is 0.760. The van der Waals surface area contributed by atoms with Gasteiger partial charge in [0.05, 0.1) is 12.0 Å². The van der Waals surface area contributed by atoms with Gasteiger partial charge in [-0.1, -0.05) is 16.9 Å². The maximum atomic E-state index is 12.8. The van der Waals surface area contributed by atoms with Gasteiger partial charge in [-0.3, -0.25) is 0 Å². The maximum absolute atomic E-state index is 12.8. The average Bonchev–Trinajstić information content (AvgIpc) is 2.38. The third-order valence-corrected chi connectivity index (χ3v) is 7.25. The smallest absolute Gasteiger partial charge is 0.134 e. The van der Waals surface area contributed by atoms with Crippen LogP contribution in [0.25, 0.3) is 0 Å². The molecule has 94 valence electrons. The highest BCUT2D eigenvalue weighted by Gasteiger charge is 2.27. The number of thiol groups is 1. The van der Waals surface area contributed by atoms with Crippen LogP contribution in [-0.4, -0.2) is 32.5 Å². The molecule has 0 saturated carbocycles. The van der Waals surface area contributed by atoms with Crippen molar-refractivity contribution in [2.45, 2.75) is 4.90 Å². The molecule has 1 aliphatic heterocycles. The van der Waals surface area contributed by atoms with Gasteiger partial charge in [-0.25, -0.2) is 0 Å². The molecule has 0 aromatic heterocycles. The monoisotopic (exact) mass is 289 g/mol. The van der Waals surface area contributed by atoms with Gasteiger partial charge in [0.2, 0.25) is 0 Å². The fourth-order valence-electron chi connectivity index (χ4n) is 2.00. The first-order chi connectivity index (χ1) is 8.19. The van der Waals surface area contributed by atoms with Gasteiger partial charge in [-0.15, -0.1) is 11.7 Å². The summed E-state index contributed by atoms with van der Waals surface area (Å²) in [7, 11) is 0.759. The summed E-state index contributed by atoms with van der Waals surface area (Å²) in [6.45, 7) is 1.67. The summed E-state index contributed by atoms with van der Waals surface area (Å²) < 4.78 is 18.1. The molecule has 6 heteroatoms. The predicted molar refractivity (Wildman–Crippen MR) is 77.7 cm³/mol. The topological polar surface area (TPSA) is 38.3 Å². The predicted octanol–water partition coefficient (Wildman–Crippen LogP) is 2.22. The lowest BCUT2D eigenvalue weighted by molar-refractivity contribution is 0.405. The highest BCUT2D eigenvalue weighted by molar-refractivity contribution is 8.68. The fraction of sp³-hybridized carbons (Fsp3) is 0.455. The highest BCUT2D eigenvalue weighted by atomic mass is 33.1. The summed E-state index contributed by atoms with van der Waals surface area (Å²) in [4.78, 5) is 0.960. The van der Waals surface area contributed by atoms with Crippen molar-refractivity contribution in [3.8, 4) is 5.75 Å². The normalized spacial score (nSPS) is 18.9. The number of hydrogen-bond donors (Lipinski definition) is 2. The minimum atomic E-state index is -2.21. The van der Waals surface area contributed by atoms with Gasteiger partial charge in [0.25, 0.3) is 0 Å². The van der Waals surface area contributed by atoms with E-state index in [1.54, 1.807) is 7.11 Å². The van der Waals surface area contributed by atoms with Crippen LogP contribution in [0.1, 0.15) is 0 Å². The molecule has 0 amide bonds. The lowest BCUT2D eigenvalue weighted by Gasteiger charge is -2.24. The molecule has 1 aliphatic rings. The molecule has 1 heterocycles. The number of rotatable bonds is 3. The van der Waals surface area contributed by atoms with Gasteiger partial charge in [0, 0.05) is 30.7 Å². The number of methoxy groups -OCH3 is 1. The van der Waals surface area contributed by atoms with E-state index in [1.165, 1.54) is 10.8 Å². The second kappa shape index (κ2) is 5.70. The summed E-state index contributed by atoms with van der Waals surface area (Å²) in [5, 5.41) is 4.17. The first-order valence-electron chi connectivity index (χ1n) is 5.48. The van der Waals surface area contributed by atoms with Crippen molar-refractivity contribution < 1.29 is 9.30 Å². The van der Waals surface area contributed by atoms with Gasteiger partial charge in [-0.2, -0.15) is 0 Å². The molecule has 0 unspecified atom stereocenters. The second-order valence-electron chi connectivity index (χ2n) is 4.01. The van der Waals surface area contributed by atoms with E-state index in [1.807, 2.05) is 18.2 Å². The molecule has 1 aromatic carbocycles. The van der Waals surface area contributed by atoms with Crippen molar-refractivity contribution in [2.24, 2.45) is 0 Å². The van der Waals surface area contributed by atoms with Crippen LogP contribution in [0.3, 0.4) is 0 Å². The van der Waals surface area contributed by atoms with E-state index < -0.39 is 7.14 Å². The van der Waals surface area contributed by atoms with Crippen LogP contribution in [0.5, 0.6) is 5.75 Å². The zero-order valence-electron chi connectivity index (χ0n) is 9.68. The minimum Gasteiger partial charge on any atom is -0.496 e. The molecule has 17 heavy (non-hydrogen) atoms. The zero-order chi connectivity index (χ0) is 12.3. The Bertz CT molecular complexity index is 443. The van der Waals surface area contributed by atoms with Crippen molar-refractivity contribution in [3.05, 3.63) is 18.2 Å². The molecule has 0 bridgehead atoms. The number of nitrogens with one attached hydrogen (secondary N) is 1. The van der Waals surface area contributed by atoms with Crippen LogP contribution in [0.2, 0.25) is 0 Å². The van der Waals surface area contributed by atoms with E-state index in [0.717, 1.165) is 41.4 Å². The minimum absolute atomic E-state index is 0.740. The van der Waals surface area contributed by atoms with E-state index in [0.29, 0.717) is 0 Å². The number of ether oxygens (including phenoxy) is 1. The Morgan fingerprint density at radius 1 is 1.41 bits per heavy atom. The van der Waals surface area contributed by atoms with Crippen molar-refractivity contribution in [1.29, 1.82) is 0 Å². The Morgan fingerprint density at radius 2 is 2.12 bits per heavy atom. The van der Waals surface area contributed by atoms with Crippen LogP contribution in [0.15, 0.2) is 23.1 Å². The summed E-state index contributed by atoms with van der Waals surface area (Å²) in [6.07, 6.45) is 1.48. The third-order valence-electron chi connectivity index (χ3n) is 3.02. The molecule has 3 nitrogen and oxygen atoms in total. The molecule has 1 N–H and O–H groups in total. The summed E-state index contributed by atoms with van der Waals surface area (Å²) in [6, 6.07) is 5.80. The van der Waals surface area contributed by atoms with E-state index in [4.69, 9.17) is 4.74 Å². The lowest BCUT2D eigenvalue weighted by atomic mass is 10.3. The average molecular weight is 289 g/mol. The molecular weight excluding hydrogens is 273 g/mol. The molecule has 0 spiro atoms. The van der Waals surface area contributed by atoms with Crippen LogP contribution >= 0.6 is 29.6 Å². The summed E-state index contributed by atoms with van der Waals surface area (Å²) in [5.41, 5.74) is 0. The standard InChI is InChI=1S/C11H16NO2PS2/c1-14-10-8-9(2-3-11(10)17-16)15(13)6-4-12-5-7-15/h2-3,8,12,16H,4-7H2,1H3. The van der Waals surface area contributed by atoms with Gasteiger partial charge in [0.1, 0.15) is 12.9 Å². The Morgan fingerprint density at radius 3 is 2.71 bits per heavy atom. The van der Waals surface area contributed by atoms with E-state index in [9.17, 15) is 4.57 Å². The number of benzene rings is 1. The molecule has 1 fully saturated rings. The fourth-order valence-corrected chi connectivity index (χ4v) is 5.29. The van der Waals surface area contributed by atoms with Crippen molar-refractivity contribution >= 4 is 34.9 Å². The second-order valence-corrected chi connectivity index (χ2v) is 8.37. The third kappa shape index (κ3) is 2.84. The molecule has 0 atom stereocenters. The zero-order valence-corrected chi connectivity index (χ0v) is 12.3. The summed E-state index contributed by atoms with van der Waals surface area (Å²) >= 11 is 4.17. The first kappa shape index (κ1) is 13.3. The van der Waals surface area contributed by atoms with Crippen molar-refractivity contribution in [1.82, 2.24) is 5.32 Å². The Balaban J connectivity index is 2.35. The lowest BCUT2D eigenvalue weighted by Crippen LogP contribution is -2.32. The largest absolute Gasteiger partial charge is 0.496 e. The molecule has 2 rings (SSSR count). The van der Waals surface area contributed by atoms with Gasteiger partial charge >= 0.3 is 0 Å². The van der Waals surface area contributed by atoms with Gasteiger partial charge in [-0.05, 0) is 12.1 Å². The Kier molecular flexibility index (Phi) is 4.47. The first-order valence-corrected chi connectivity index (χ1v) is 9.43.